The van der Waals surface area contributed by atoms with Crippen LogP contribution in [0.15, 0.2) is 34.7 Å². The highest BCUT2D eigenvalue weighted by Gasteiger charge is 2.46. The predicted molar refractivity (Wildman–Crippen MR) is 115 cm³/mol. The SMILES string of the molecule is N#Cc1ccc(SC2OC(CO)C(O)C(n3cc(-c4nc(Cl)cs4)nn3)C2O)cc1Cl. The van der Waals surface area contributed by atoms with Gasteiger partial charge in [0.2, 0.25) is 0 Å². The Balaban J connectivity index is 1.60. The second kappa shape index (κ2) is 9.40. The first-order chi connectivity index (χ1) is 14.9. The number of thioether (sulfide) groups is 1. The fraction of sp³-hybridized carbons (Fsp3) is 0.333. The molecule has 1 fully saturated rings. The second-order valence-electron chi connectivity index (χ2n) is 6.63. The maximum Gasteiger partial charge on any atom is 0.147 e. The molecule has 1 aliphatic rings. The van der Waals surface area contributed by atoms with Crippen LogP contribution in [0, 0.1) is 11.3 Å². The van der Waals surface area contributed by atoms with E-state index in [0.717, 1.165) is 11.8 Å². The van der Waals surface area contributed by atoms with Crippen LogP contribution in [0.1, 0.15) is 11.6 Å². The standard InChI is InChI=1S/C18H15Cl2N5O4S2/c19-10-3-9(2-1-8(10)4-21)31-18-16(28)14(15(27)12(6-26)29-18)25-5-11(23-24-25)17-22-13(20)7-30-17/h1-3,5,7,12,14-16,18,26-28H,6H2. The first-order valence-electron chi connectivity index (χ1n) is 8.93. The van der Waals surface area contributed by atoms with Crippen LogP contribution in [0.25, 0.3) is 10.7 Å². The highest BCUT2D eigenvalue weighted by molar-refractivity contribution is 7.99. The van der Waals surface area contributed by atoms with E-state index in [1.54, 1.807) is 29.8 Å². The van der Waals surface area contributed by atoms with Crippen molar-refractivity contribution < 1.29 is 20.1 Å². The summed E-state index contributed by atoms with van der Waals surface area (Å²) in [6.07, 6.45) is -1.85. The lowest BCUT2D eigenvalue weighted by Gasteiger charge is -2.41. The van der Waals surface area contributed by atoms with Crippen LogP contribution in [-0.2, 0) is 4.74 Å². The first-order valence-corrected chi connectivity index (χ1v) is 11.4. The molecule has 3 aromatic rings. The molecule has 2 aromatic heterocycles. The second-order valence-corrected chi connectivity index (χ2v) is 9.45. The number of thiazole rings is 1. The number of nitrogens with zero attached hydrogens (tertiary/aromatic N) is 5. The molecule has 0 saturated carbocycles. The van der Waals surface area contributed by atoms with Gasteiger partial charge >= 0.3 is 0 Å². The van der Waals surface area contributed by atoms with Gasteiger partial charge in [-0.15, -0.1) is 16.4 Å². The van der Waals surface area contributed by atoms with Crippen molar-refractivity contribution in [3.63, 3.8) is 0 Å². The van der Waals surface area contributed by atoms with Crippen LogP contribution in [0.4, 0.5) is 0 Å². The van der Waals surface area contributed by atoms with Gasteiger partial charge in [0.1, 0.15) is 51.7 Å². The summed E-state index contributed by atoms with van der Waals surface area (Å²) in [6.45, 7) is -0.459. The zero-order chi connectivity index (χ0) is 22.1. The predicted octanol–water partition coefficient (Wildman–Crippen LogP) is 2.35. The topological polar surface area (TPSA) is 137 Å². The third kappa shape index (κ3) is 4.57. The summed E-state index contributed by atoms with van der Waals surface area (Å²) in [6, 6.07) is 5.89. The van der Waals surface area contributed by atoms with Gasteiger partial charge in [-0.2, -0.15) is 5.26 Å². The number of benzene rings is 1. The summed E-state index contributed by atoms with van der Waals surface area (Å²) in [7, 11) is 0. The van der Waals surface area contributed by atoms with E-state index < -0.39 is 36.4 Å². The normalized spacial score (nSPS) is 26.0. The van der Waals surface area contributed by atoms with Crippen LogP contribution in [-0.4, -0.2) is 65.7 Å². The Bertz CT molecular complexity index is 1120. The zero-order valence-electron chi connectivity index (χ0n) is 15.5. The molecular formula is C18H15Cl2N5O4S2. The van der Waals surface area contributed by atoms with E-state index >= 15 is 0 Å². The van der Waals surface area contributed by atoms with Crippen molar-refractivity contribution in [3.05, 3.63) is 45.5 Å². The lowest BCUT2D eigenvalue weighted by atomic mass is 9.97. The number of ether oxygens (including phenoxy) is 1. The van der Waals surface area contributed by atoms with E-state index in [9.17, 15) is 15.3 Å². The number of hydrogen-bond acceptors (Lipinski definition) is 10. The molecule has 5 unspecified atom stereocenters. The van der Waals surface area contributed by atoms with Crippen molar-refractivity contribution in [2.75, 3.05) is 6.61 Å². The van der Waals surface area contributed by atoms with Gasteiger partial charge in [-0.3, -0.25) is 0 Å². The van der Waals surface area contributed by atoms with E-state index in [1.165, 1.54) is 16.0 Å². The highest BCUT2D eigenvalue weighted by Crippen LogP contribution is 2.39. The smallest absolute Gasteiger partial charge is 0.147 e. The molecule has 1 aromatic carbocycles. The van der Waals surface area contributed by atoms with Crippen LogP contribution < -0.4 is 0 Å². The minimum atomic E-state index is -1.24. The third-order valence-corrected chi connectivity index (χ3v) is 7.32. The van der Waals surface area contributed by atoms with Crippen molar-refractivity contribution in [2.24, 2.45) is 0 Å². The molecule has 4 rings (SSSR count). The van der Waals surface area contributed by atoms with E-state index in [1.807, 2.05) is 6.07 Å². The number of nitriles is 1. The highest BCUT2D eigenvalue weighted by atomic mass is 35.5. The number of rotatable bonds is 5. The van der Waals surface area contributed by atoms with Crippen molar-refractivity contribution in [1.82, 2.24) is 20.0 Å². The van der Waals surface area contributed by atoms with Crippen molar-refractivity contribution in [1.29, 1.82) is 5.26 Å². The molecular weight excluding hydrogens is 485 g/mol. The van der Waals surface area contributed by atoms with Gasteiger partial charge in [0.15, 0.2) is 0 Å². The molecule has 162 valence electrons. The molecule has 3 heterocycles. The van der Waals surface area contributed by atoms with Crippen molar-refractivity contribution in [3.8, 4) is 16.8 Å². The zero-order valence-corrected chi connectivity index (χ0v) is 18.7. The number of aliphatic hydroxyl groups excluding tert-OH is 3. The Hall–Kier alpha value is -1.75. The van der Waals surface area contributed by atoms with Gasteiger partial charge in [-0.1, -0.05) is 40.2 Å². The van der Waals surface area contributed by atoms with Crippen LogP contribution >= 0.6 is 46.3 Å². The van der Waals surface area contributed by atoms with Crippen LogP contribution in [0.3, 0.4) is 0 Å². The molecule has 1 saturated heterocycles. The summed E-state index contributed by atoms with van der Waals surface area (Å²) in [5, 5.41) is 51.3. The lowest BCUT2D eigenvalue weighted by Crippen LogP contribution is -2.55. The average molecular weight is 500 g/mol. The lowest BCUT2D eigenvalue weighted by molar-refractivity contribution is -0.178. The van der Waals surface area contributed by atoms with E-state index in [2.05, 4.69) is 15.3 Å². The fourth-order valence-electron chi connectivity index (χ4n) is 3.16. The van der Waals surface area contributed by atoms with Gasteiger partial charge in [0.25, 0.3) is 0 Å². The molecule has 3 N–H and O–H groups in total. The number of halogens is 2. The summed E-state index contributed by atoms with van der Waals surface area (Å²) in [5.41, 5.74) is -0.0852. The Morgan fingerprint density at radius 3 is 2.74 bits per heavy atom. The molecule has 0 aliphatic carbocycles. The Morgan fingerprint density at radius 2 is 2.10 bits per heavy atom. The minimum absolute atomic E-state index is 0.274. The van der Waals surface area contributed by atoms with Crippen molar-refractivity contribution in [2.45, 2.75) is 34.7 Å². The van der Waals surface area contributed by atoms with Gasteiger partial charge in [0, 0.05) is 10.3 Å². The molecule has 0 bridgehead atoms. The van der Waals surface area contributed by atoms with Gasteiger partial charge in [-0.25, -0.2) is 9.67 Å². The number of hydrogen-bond donors (Lipinski definition) is 3. The van der Waals surface area contributed by atoms with Gasteiger partial charge < -0.3 is 20.1 Å². The summed E-state index contributed by atoms with van der Waals surface area (Å²) >= 11 is 14.4. The molecule has 13 heteroatoms. The number of aromatic nitrogens is 4. The Morgan fingerprint density at radius 1 is 1.29 bits per heavy atom. The third-order valence-electron chi connectivity index (χ3n) is 4.67. The summed E-state index contributed by atoms with van der Waals surface area (Å²) in [5.74, 6) is 0. The van der Waals surface area contributed by atoms with Gasteiger partial charge in [0.05, 0.1) is 23.4 Å². The molecule has 0 amide bonds. The largest absolute Gasteiger partial charge is 0.394 e. The molecule has 9 nitrogen and oxygen atoms in total. The average Bonchev–Trinajstić information content (AvgIpc) is 3.39. The quantitative estimate of drug-likeness (QED) is 0.482. The molecule has 1 aliphatic heterocycles. The number of aliphatic hydroxyl groups is 3. The Kier molecular flexibility index (Phi) is 6.80. The maximum atomic E-state index is 11.0. The van der Waals surface area contributed by atoms with E-state index in [0.29, 0.717) is 26.3 Å². The summed E-state index contributed by atoms with van der Waals surface area (Å²) < 4.78 is 7.06. The minimum Gasteiger partial charge on any atom is -0.394 e. The van der Waals surface area contributed by atoms with Gasteiger partial charge in [-0.05, 0) is 18.2 Å². The van der Waals surface area contributed by atoms with E-state index in [4.69, 9.17) is 33.2 Å². The molecule has 5 atom stereocenters. The van der Waals surface area contributed by atoms with Crippen molar-refractivity contribution >= 4 is 46.3 Å². The molecule has 0 radical (unpaired) electrons. The summed E-state index contributed by atoms with van der Waals surface area (Å²) in [4.78, 5) is 4.79. The maximum absolute atomic E-state index is 11.0. The van der Waals surface area contributed by atoms with Crippen LogP contribution in [0.5, 0.6) is 0 Å². The molecule has 0 spiro atoms. The Labute approximate surface area is 194 Å². The fourth-order valence-corrected chi connectivity index (χ4v) is 5.45. The monoisotopic (exact) mass is 499 g/mol. The van der Waals surface area contributed by atoms with Crippen LogP contribution in [0.2, 0.25) is 10.2 Å². The molecule has 31 heavy (non-hydrogen) atoms. The first kappa shape index (κ1) is 22.4. The van der Waals surface area contributed by atoms with E-state index in [-0.39, 0.29) is 5.02 Å².